The van der Waals surface area contributed by atoms with Crippen LogP contribution in [-0.2, 0) is 5.41 Å². The van der Waals surface area contributed by atoms with Crippen LogP contribution in [0.25, 0.3) is 50.4 Å². The van der Waals surface area contributed by atoms with Gasteiger partial charge in [0.25, 0.3) is 0 Å². The lowest BCUT2D eigenvalue weighted by molar-refractivity contribution is 0.436. The van der Waals surface area contributed by atoms with Gasteiger partial charge in [-0.15, -0.1) is 0 Å². The summed E-state index contributed by atoms with van der Waals surface area (Å²) in [6, 6.07) is 59.3. The van der Waals surface area contributed by atoms with Crippen LogP contribution in [0.1, 0.15) is 27.8 Å². The molecule has 0 saturated heterocycles. The minimum absolute atomic E-state index is 0.609. The first-order valence-electron chi connectivity index (χ1n) is 16.4. The molecule has 1 aliphatic carbocycles. The molecule has 1 aromatic heterocycles. The topological polar surface area (TPSA) is 50.8 Å². The maximum absolute atomic E-state index is 10.4. The van der Waals surface area contributed by atoms with Gasteiger partial charge in [-0.25, -0.2) is 4.98 Å². The van der Waals surface area contributed by atoms with Crippen LogP contribution in [-0.4, -0.2) is 9.55 Å². The number of hydrogen-bond donors (Lipinski definition) is 0. The van der Waals surface area contributed by atoms with Crippen LogP contribution in [0.2, 0.25) is 0 Å². The van der Waals surface area contributed by atoms with Crippen LogP contribution in [0.5, 0.6) is 11.5 Å². The molecule has 10 rings (SSSR count). The van der Waals surface area contributed by atoms with Crippen molar-refractivity contribution in [2.75, 3.05) is 0 Å². The quantitative estimate of drug-likeness (QED) is 0.196. The molecule has 7 aromatic carbocycles. The van der Waals surface area contributed by atoms with Gasteiger partial charge < -0.3 is 4.74 Å². The lowest BCUT2D eigenvalue weighted by Crippen LogP contribution is -2.32. The maximum atomic E-state index is 10.4. The van der Waals surface area contributed by atoms with Gasteiger partial charge in [-0.2, -0.15) is 5.26 Å². The van der Waals surface area contributed by atoms with Crippen molar-refractivity contribution in [2.45, 2.75) is 5.41 Å². The predicted molar refractivity (Wildman–Crippen MR) is 194 cm³/mol. The van der Waals surface area contributed by atoms with Crippen LogP contribution in [0.4, 0.5) is 0 Å². The minimum atomic E-state index is -0.609. The van der Waals surface area contributed by atoms with E-state index < -0.39 is 5.41 Å². The number of rotatable bonds is 3. The standard InChI is InChI=1S/C45H27N3O/c46-28-32-13-10-16-38-43(32)34-27-31(23-26-35(34)45(38)36-14-4-8-19-41(36)49-42-20-9-5-15-37(42)45)29-21-24-33(25-22-29)48-40-18-7-6-17-39(40)47-44(48)30-11-2-1-3-12-30/h1-27H. The van der Waals surface area contributed by atoms with Gasteiger partial charge in [0.2, 0.25) is 0 Å². The highest BCUT2D eigenvalue weighted by Gasteiger charge is 2.51. The summed E-state index contributed by atoms with van der Waals surface area (Å²) >= 11 is 0. The van der Waals surface area contributed by atoms with Gasteiger partial charge in [-0.3, -0.25) is 4.57 Å². The molecule has 8 aromatic rings. The molecule has 228 valence electrons. The van der Waals surface area contributed by atoms with Crippen LogP contribution in [0.15, 0.2) is 164 Å². The molecule has 4 heteroatoms. The summed E-state index contributed by atoms with van der Waals surface area (Å²) in [5, 5.41) is 10.4. The molecule has 0 amide bonds. The van der Waals surface area contributed by atoms with Crippen molar-refractivity contribution in [1.82, 2.24) is 9.55 Å². The molecule has 1 spiro atoms. The summed E-state index contributed by atoms with van der Waals surface area (Å²) in [5.41, 5.74) is 12.9. The first-order valence-corrected chi connectivity index (χ1v) is 16.4. The second kappa shape index (κ2) is 10.4. The predicted octanol–water partition coefficient (Wildman–Crippen LogP) is 10.7. The summed E-state index contributed by atoms with van der Waals surface area (Å²) < 4.78 is 8.71. The number of benzene rings is 7. The lowest BCUT2D eigenvalue weighted by atomic mass is 9.66. The van der Waals surface area contributed by atoms with E-state index >= 15 is 0 Å². The van der Waals surface area contributed by atoms with Crippen molar-refractivity contribution in [3.63, 3.8) is 0 Å². The highest BCUT2D eigenvalue weighted by Crippen LogP contribution is 2.62. The Morgan fingerprint density at radius 2 is 1.20 bits per heavy atom. The van der Waals surface area contributed by atoms with Gasteiger partial charge >= 0.3 is 0 Å². The van der Waals surface area contributed by atoms with Gasteiger partial charge in [-0.05, 0) is 76.3 Å². The van der Waals surface area contributed by atoms with Gasteiger partial charge in [0.05, 0.1) is 28.1 Å². The Hall–Kier alpha value is -6.70. The molecule has 49 heavy (non-hydrogen) atoms. The van der Waals surface area contributed by atoms with Crippen molar-refractivity contribution < 1.29 is 4.74 Å². The van der Waals surface area contributed by atoms with E-state index in [1.165, 1.54) is 0 Å². The lowest BCUT2D eigenvalue weighted by Gasteiger charge is -2.39. The molecule has 0 radical (unpaired) electrons. The van der Waals surface area contributed by atoms with E-state index in [1.54, 1.807) is 0 Å². The SMILES string of the molecule is N#Cc1cccc2c1-c1cc(-c3ccc(-n4c(-c5ccccc5)nc5ccccc54)cc3)ccc1C21c2ccccc2Oc2ccccc21. The second-order valence-corrected chi connectivity index (χ2v) is 12.6. The van der Waals surface area contributed by atoms with Crippen molar-refractivity contribution in [2.24, 2.45) is 0 Å². The largest absolute Gasteiger partial charge is 0.457 e. The van der Waals surface area contributed by atoms with E-state index in [1.807, 2.05) is 60.7 Å². The number of nitriles is 1. The fraction of sp³-hybridized carbons (Fsp3) is 0.0222. The minimum Gasteiger partial charge on any atom is -0.457 e. The van der Waals surface area contributed by atoms with E-state index in [9.17, 15) is 5.26 Å². The zero-order valence-electron chi connectivity index (χ0n) is 26.3. The number of hydrogen-bond acceptors (Lipinski definition) is 3. The van der Waals surface area contributed by atoms with E-state index in [4.69, 9.17) is 9.72 Å². The van der Waals surface area contributed by atoms with Gasteiger partial charge in [0.15, 0.2) is 0 Å². The molecule has 0 N–H and O–H groups in total. The molecular formula is C45H27N3O. The molecule has 2 aliphatic rings. The zero-order chi connectivity index (χ0) is 32.5. The zero-order valence-corrected chi connectivity index (χ0v) is 26.3. The average Bonchev–Trinajstić information content (AvgIpc) is 3.70. The Bertz CT molecular complexity index is 2600. The number of aromatic nitrogens is 2. The smallest absolute Gasteiger partial charge is 0.145 e. The molecular weight excluding hydrogens is 599 g/mol. The molecule has 0 unspecified atom stereocenters. The molecule has 0 saturated carbocycles. The Morgan fingerprint density at radius 1 is 0.551 bits per heavy atom. The molecule has 0 atom stereocenters. The van der Waals surface area contributed by atoms with Crippen molar-refractivity contribution in [1.29, 1.82) is 5.26 Å². The molecule has 1 aliphatic heterocycles. The third kappa shape index (κ3) is 3.82. The monoisotopic (exact) mass is 625 g/mol. The van der Waals surface area contributed by atoms with Crippen LogP contribution in [0.3, 0.4) is 0 Å². The van der Waals surface area contributed by atoms with Crippen molar-refractivity contribution >= 4 is 11.0 Å². The van der Waals surface area contributed by atoms with Crippen molar-refractivity contribution in [3.05, 3.63) is 192 Å². The number of ether oxygens (including phenoxy) is 1. The summed E-state index contributed by atoms with van der Waals surface area (Å²) in [5.74, 6) is 2.59. The summed E-state index contributed by atoms with van der Waals surface area (Å²) in [4.78, 5) is 5.02. The van der Waals surface area contributed by atoms with E-state index in [2.05, 4.69) is 114 Å². The molecule has 0 bridgehead atoms. The Labute approximate surface area is 283 Å². The van der Waals surface area contributed by atoms with Crippen LogP contribution in [0, 0.1) is 11.3 Å². The number of nitrogens with zero attached hydrogens (tertiary/aromatic N) is 3. The Kier molecular flexibility index (Phi) is 5.82. The number of para-hydroxylation sites is 4. The number of imidazole rings is 1. The Balaban J connectivity index is 1.16. The molecule has 2 heterocycles. The number of fused-ring (bicyclic) bond motifs is 10. The highest BCUT2D eigenvalue weighted by molar-refractivity contribution is 5.93. The molecule has 4 nitrogen and oxygen atoms in total. The molecule has 0 fully saturated rings. The summed E-state index contributed by atoms with van der Waals surface area (Å²) in [6.07, 6.45) is 0. The van der Waals surface area contributed by atoms with Gasteiger partial charge in [0.1, 0.15) is 17.3 Å². The summed E-state index contributed by atoms with van der Waals surface area (Å²) in [7, 11) is 0. The maximum Gasteiger partial charge on any atom is 0.145 e. The van der Waals surface area contributed by atoms with E-state index in [-0.39, 0.29) is 0 Å². The first kappa shape index (κ1) is 27.4. The summed E-state index contributed by atoms with van der Waals surface area (Å²) in [6.45, 7) is 0. The van der Waals surface area contributed by atoms with Crippen molar-refractivity contribution in [3.8, 4) is 56.9 Å². The average molecular weight is 626 g/mol. The highest BCUT2D eigenvalue weighted by atomic mass is 16.5. The van der Waals surface area contributed by atoms with Gasteiger partial charge in [0, 0.05) is 27.9 Å². The normalized spacial score (nSPS) is 13.2. The van der Waals surface area contributed by atoms with E-state index in [0.29, 0.717) is 5.56 Å². The Morgan fingerprint density at radius 3 is 1.96 bits per heavy atom. The van der Waals surface area contributed by atoms with E-state index in [0.717, 1.165) is 84.1 Å². The third-order valence-corrected chi connectivity index (χ3v) is 10.1. The fourth-order valence-electron chi connectivity index (χ4n) is 8.10. The first-order chi connectivity index (χ1) is 24.3. The van der Waals surface area contributed by atoms with Crippen LogP contribution >= 0.6 is 0 Å². The third-order valence-electron chi connectivity index (χ3n) is 10.1. The van der Waals surface area contributed by atoms with Crippen LogP contribution < -0.4 is 4.74 Å². The fourth-order valence-corrected chi connectivity index (χ4v) is 8.10. The second-order valence-electron chi connectivity index (χ2n) is 12.6. The van der Waals surface area contributed by atoms with Gasteiger partial charge in [-0.1, -0.05) is 115 Å².